The normalized spacial score (nSPS) is 18.7. The fourth-order valence-electron chi connectivity index (χ4n) is 2.73. The van der Waals surface area contributed by atoms with E-state index in [1.54, 1.807) is 30.0 Å². The van der Waals surface area contributed by atoms with Crippen LogP contribution < -0.4 is 5.32 Å². The molecule has 2 heterocycles. The van der Waals surface area contributed by atoms with Gasteiger partial charge in [0.15, 0.2) is 0 Å². The van der Waals surface area contributed by atoms with Gasteiger partial charge in [0.05, 0.1) is 12.3 Å². The first kappa shape index (κ1) is 13.6. The number of rotatable bonds is 3. The summed E-state index contributed by atoms with van der Waals surface area (Å²) in [6, 6.07) is 5.20. The number of carbonyl (C=O) groups is 3. The highest BCUT2D eigenvalue weighted by Gasteiger charge is 2.37. The van der Waals surface area contributed by atoms with Crippen molar-refractivity contribution < 1.29 is 19.5 Å². The lowest BCUT2D eigenvalue weighted by Gasteiger charge is -2.41. The number of hydrogen-bond acceptors (Lipinski definition) is 3. The van der Waals surface area contributed by atoms with Gasteiger partial charge in [0.1, 0.15) is 0 Å². The van der Waals surface area contributed by atoms with Gasteiger partial charge in [0.2, 0.25) is 5.91 Å². The zero-order chi connectivity index (χ0) is 15.1. The Morgan fingerprint density at radius 3 is 2.76 bits per heavy atom. The molecule has 0 aromatic heterocycles. The highest BCUT2D eigenvalue weighted by molar-refractivity contribution is 6.02. The minimum Gasteiger partial charge on any atom is -0.481 e. The van der Waals surface area contributed by atoms with E-state index in [2.05, 4.69) is 5.32 Å². The first-order valence-corrected chi connectivity index (χ1v) is 6.90. The van der Waals surface area contributed by atoms with Crippen LogP contribution in [0.3, 0.4) is 0 Å². The highest BCUT2D eigenvalue weighted by Crippen LogP contribution is 2.28. The van der Waals surface area contributed by atoms with Crippen LogP contribution in [0.1, 0.15) is 22.8 Å². The molecule has 0 saturated carbocycles. The van der Waals surface area contributed by atoms with Crippen molar-refractivity contribution in [2.24, 2.45) is 11.8 Å². The lowest BCUT2D eigenvalue weighted by Crippen LogP contribution is -2.53. The molecular formula is C15H16N2O4. The second-order valence-electron chi connectivity index (χ2n) is 5.69. The maximum Gasteiger partial charge on any atom is 0.306 e. The second kappa shape index (κ2) is 4.87. The fourth-order valence-corrected chi connectivity index (χ4v) is 2.73. The number of amides is 2. The number of hydrogen-bond donors (Lipinski definition) is 2. The number of carboxylic acids is 1. The predicted octanol–water partition coefficient (Wildman–Crippen LogP) is 0.974. The van der Waals surface area contributed by atoms with Crippen molar-refractivity contribution in [1.82, 2.24) is 4.90 Å². The zero-order valence-electron chi connectivity index (χ0n) is 11.6. The second-order valence-corrected chi connectivity index (χ2v) is 5.69. The number of carboxylic acid groups (broad SMARTS) is 1. The number of nitrogens with zero attached hydrogens (tertiary/aromatic N) is 1. The van der Waals surface area contributed by atoms with Crippen molar-refractivity contribution >= 4 is 23.5 Å². The average Bonchev–Trinajstić information content (AvgIpc) is 2.75. The Labute approximate surface area is 121 Å². The number of anilines is 1. The van der Waals surface area contributed by atoms with Gasteiger partial charge in [-0.25, -0.2) is 0 Å². The molecule has 2 N–H and O–H groups in total. The Morgan fingerprint density at radius 2 is 2.10 bits per heavy atom. The molecule has 2 aliphatic rings. The number of benzene rings is 1. The van der Waals surface area contributed by atoms with Gasteiger partial charge in [-0.2, -0.15) is 0 Å². The fraction of sp³-hybridized carbons (Fsp3) is 0.400. The van der Waals surface area contributed by atoms with Crippen molar-refractivity contribution in [1.29, 1.82) is 0 Å². The minimum atomic E-state index is -0.827. The summed E-state index contributed by atoms with van der Waals surface area (Å²) in [7, 11) is 0. The summed E-state index contributed by atoms with van der Waals surface area (Å²) in [5.41, 5.74) is 2.12. The summed E-state index contributed by atoms with van der Waals surface area (Å²) in [6.45, 7) is 2.60. The maximum absolute atomic E-state index is 12.3. The van der Waals surface area contributed by atoms with Crippen LogP contribution in [0.25, 0.3) is 0 Å². The van der Waals surface area contributed by atoms with Gasteiger partial charge in [0.25, 0.3) is 5.91 Å². The highest BCUT2D eigenvalue weighted by atomic mass is 16.4. The van der Waals surface area contributed by atoms with Crippen molar-refractivity contribution in [3.8, 4) is 0 Å². The van der Waals surface area contributed by atoms with Crippen molar-refractivity contribution in [2.45, 2.75) is 13.3 Å². The van der Waals surface area contributed by atoms with E-state index in [4.69, 9.17) is 5.11 Å². The third-order valence-corrected chi connectivity index (χ3v) is 4.28. The molecule has 0 bridgehead atoms. The summed E-state index contributed by atoms with van der Waals surface area (Å²) in [5.74, 6) is -1.43. The molecule has 0 aliphatic carbocycles. The molecule has 0 spiro atoms. The van der Waals surface area contributed by atoms with E-state index in [1.807, 2.05) is 0 Å². The van der Waals surface area contributed by atoms with Gasteiger partial charge in [-0.1, -0.05) is 13.0 Å². The molecule has 2 amide bonds. The monoisotopic (exact) mass is 288 g/mol. The predicted molar refractivity (Wildman–Crippen MR) is 75.0 cm³/mol. The van der Waals surface area contributed by atoms with Crippen LogP contribution in [0.2, 0.25) is 0 Å². The van der Waals surface area contributed by atoms with E-state index in [0.717, 1.165) is 5.56 Å². The van der Waals surface area contributed by atoms with Crippen LogP contribution in [0, 0.1) is 11.8 Å². The van der Waals surface area contributed by atoms with Crippen LogP contribution in [-0.4, -0.2) is 40.9 Å². The molecule has 6 heteroatoms. The molecule has 3 rings (SSSR count). The van der Waals surface area contributed by atoms with Gasteiger partial charge in [-0.15, -0.1) is 0 Å². The molecule has 1 aromatic rings. The van der Waals surface area contributed by atoms with E-state index >= 15 is 0 Å². The molecule has 110 valence electrons. The van der Waals surface area contributed by atoms with Crippen LogP contribution in [0.4, 0.5) is 5.69 Å². The van der Waals surface area contributed by atoms with E-state index in [9.17, 15) is 14.4 Å². The summed E-state index contributed by atoms with van der Waals surface area (Å²) >= 11 is 0. The van der Waals surface area contributed by atoms with Gasteiger partial charge >= 0.3 is 5.97 Å². The number of fused-ring (bicyclic) bond motifs is 1. The van der Waals surface area contributed by atoms with E-state index in [1.165, 1.54) is 0 Å². The number of nitrogens with one attached hydrogen (secondary N) is 1. The van der Waals surface area contributed by atoms with Crippen LogP contribution in [-0.2, 0) is 16.0 Å². The topological polar surface area (TPSA) is 86.7 Å². The first-order valence-electron chi connectivity index (χ1n) is 6.90. The first-order chi connectivity index (χ1) is 9.95. The standard InChI is InChI=1S/C15H16N2O4/c1-8(15(20)21)11-6-17(7-11)14(19)10-3-2-9-5-13(18)16-12(9)4-10/h2-4,8,11H,5-7H2,1H3,(H,16,18)(H,20,21). The molecule has 1 saturated heterocycles. The maximum atomic E-state index is 12.3. The minimum absolute atomic E-state index is 0.0144. The summed E-state index contributed by atoms with van der Waals surface area (Å²) in [6.07, 6.45) is 0.353. The van der Waals surface area contributed by atoms with E-state index in [-0.39, 0.29) is 17.7 Å². The lowest BCUT2D eigenvalue weighted by molar-refractivity contribution is -0.144. The molecule has 21 heavy (non-hydrogen) atoms. The Hall–Kier alpha value is -2.37. The third kappa shape index (κ3) is 2.37. The Balaban J connectivity index is 1.67. The van der Waals surface area contributed by atoms with Gasteiger partial charge in [-0.3, -0.25) is 14.4 Å². The van der Waals surface area contributed by atoms with Crippen molar-refractivity contribution in [3.63, 3.8) is 0 Å². The van der Waals surface area contributed by atoms with Crippen LogP contribution >= 0.6 is 0 Å². The summed E-state index contributed by atoms with van der Waals surface area (Å²) in [5, 5.41) is 11.7. The lowest BCUT2D eigenvalue weighted by atomic mass is 9.86. The van der Waals surface area contributed by atoms with Crippen LogP contribution in [0.5, 0.6) is 0 Å². The molecule has 1 unspecified atom stereocenters. The third-order valence-electron chi connectivity index (χ3n) is 4.28. The molecular weight excluding hydrogens is 272 g/mol. The van der Waals surface area contributed by atoms with Crippen LogP contribution in [0.15, 0.2) is 18.2 Å². The van der Waals surface area contributed by atoms with Gasteiger partial charge < -0.3 is 15.3 Å². The molecule has 0 radical (unpaired) electrons. The quantitative estimate of drug-likeness (QED) is 0.868. The number of likely N-dealkylation sites (tertiary alicyclic amines) is 1. The van der Waals surface area contributed by atoms with Crippen molar-refractivity contribution in [2.75, 3.05) is 18.4 Å². The molecule has 2 aliphatic heterocycles. The average molecular weight is 288 g/mol. The van der Waals surface area contributed by atoms with Gasteiger partial charge in [0, 0.05) is 30.3 Å². The largest absolute Gasteiger partial charge is 0.481 e. The Morgan fingerprint density at radius 1 is 1.38 bits per heavy atom. The smallest absolute Gasteiger partial charge is 0.306 e. The van der Waals surface area contributed by atoms with E-state index < -0.39 is 11.9 Å². The van der Waals surface area contributed by atoms with E-state index in [0.29, 0.717) is 30.8 Å². The molecule has 1 atom stereocenters. The SMILES string of the molecule is CC(C(=O)O)C1CN(C(=O)c2ccc3c(c2)NC(=O)C3)C1. The Bertz CT molecular complexity index is 635. The summed E-state index contributed by atoms with van der Waals surface area (Å²) in [4.78, 5) is 36.2. The number of aliphatic carboxylic acids is 1. The molecule has 1 aromatic carbocycles. The number of carbonyl (C=O) groups excluding carboxylic acids is 2. The molecule has 6 nitrogen and oxygen atoms in total. The van der Waals surface area contributed by atoms with Crippen molar-refractivity contribution in [3.05, 3.63) is 29.3 Å². The zero-order valence-corrected chi connectivity index (χ0v) is 11.6. The Kier molecular flexibility index (Phi) is 3.16. The molecule has 1 fully saturated rings. The summed E-state index contributed by atoms with van der Waals surface area (Å²) < 4.78 is 0. The van der Waals surface area contributed by atoms with Gasteiger partial charge in [-0.05, 0) is 17.7 Å².